The lowest BCUT2D eigenvalue weighted by Gasteiger charge is -2.27. The fourth-order valence-corrected chi connectivity index (χ4v) is 4.16. The van der Waals surface area contributed by atoms with Crippen LogP contribution in [0.4, 0.5) is 17.6 Å². The van der Waals surface area contributed by atoms with Crippen LogP contribution in [-0.4, -0.2) is 30.7 Å². The molecule has 31 heavy (non-hydrogen) atoms. The van der Waals surface area contributed by atoms with E-state index in [1.807, 2.05) is 0 Å². The molecule has 0 N–H and O–H groups in total. The van der Waals surface area contributed by atoms with Crippen molar-refractivity contribution < 1.29 is 22.4 Å². The van der Waals surface area contributed by atoms with Crippen LogP contribution in [0.3, 0.4) is 0 Å². The highest BCUT2D eigenvalue weighted by Gasteiger charge is 2.39. The minimum Gasteiger partial charge on any atom is -0.294 e. The van der Waals surface area contributed by atoms with Gasteiger partial charge < -0.3 is 0 Å². The molecule has 2 aromatic heterocycles. The summed E-state index contributed by atoms with van der Waals surface area (Å²) in [5.74, 6) is -1.90. The molecule has 162 valence electrons. The van der Waals surface area contributed by atoms with Crippen molar-refractivity contribution in [2.24, 2.45) is 5.92 Å². The number of aromatic nitrogens is 5. The molecule has 2 atom stereocenters. The van der Waals surface area contributed by atoms with E-state index in [4.69, 9.17) is 11.6 Å². The van der Waals surface area contributed by atoms with Gasteiger partial charge in [0.25, 0.3) is 5.95 Å². The Morgan fingerprint density at radius 3 is 2.71 bits per heavy atom. The number of rotatable bonds is 3. The fourth-order valence-electron chi connectivity index (χ4n) is 3.84. The molecule has 6 nitrogen and oxygen atoms in total. The number of aryl methyl sites for hydroxylation is 1. The predicted octanol–water partition coefficient (Wildman–Crippen LogP) is 4.73. The van der Waals surface area contributed by atoms with Crippen molar-refractivity contribution in [3.05, 3.63) is 63.4 Å². The van der Waals surface area contributed by atoms with Crippen LogP contribution in [0.5, 0.6) is 0 Å². The van der Waals surface area contributed by atoms with Gasteiger partial charge in [-0.15, -0.1) is 5.10 Å². The lowest BCUT2D eigenvalue weighted by Crippen LogP contribution is -2.28. The first-order chi connectivity index (χ1) is 14.6. The minimum atomic E-state index is -4.66. The first kappa shape index (κ1) is 21.4. The third-order valence-electron chi connectivity index (χ3n) is 5.52. The Morgan fingerprint density at radius 2 is 2.03 bits per heavy atom. The zero-order chi connectivity index (χ0) is 22.5. The van der Waals surface area contributed by atoms with Crippen LogP contribution in [0.15, 0.2) is 24.4 Å². The molecule has 3 aromatic rings. The summed E-state index contributed by atoms with van der Waals surface area (Å²) < 4.78 is 54.4. The number of benzene rings is 1. The van der Waals surface area contributed by atoms with Crippen molar-refractivity contribution in [2.75, 3.05) is 0 Å². The van der Waals surface area contributed by atoms with Crippen LogP contribution in [-0.2, 0) is 12.6 Å². The van der Waals surface area contributed by atoms with Crippen molar-refractivity contribution in [1.82, 2.24) is 25.0 Å². The largest absolute Gasteiger partial charge is 0.417 e. The first-order valence-electron chi connectivity index (χ1n) is 9.43. The predicted molar refractivity (Wildman–Crippen MR) is 103 cm³/mol. The summed E-state index contributed by atoms with van der Waals surface area (Å²) in [6.07, 6.45) is -2.89. The Morgan fingerprint density at radius 1 is 1.29 bits per heavy atom. The highest BCUT2D eigenvalue weighted by Crippen LogP contribution is 2.41. The number of fused-ring (bicyclic) bond motifs is 1. The molecule has 4 rings (SSSR count). The van der Waals surface area contributed by atoms with Gasteiger partial charge in [0.15, 0.2) is 11.6 Å². The molecule has 0 amide bonds. The molecule has 0 radical (unpaired) electrons. The second kappa shape index (κ2) is 7.67. The number of ketones is 1. The summed E-state index contributed by atoms with van der Waals surface area (Å²) in [7, 11) is 0. The highest BCUT2D eigenvalue weighted by molar-refractivity contribution is 6.35. The summed E-state index contributed by atoms with van der Waals surface area (Å²) in [5, 5.41) is 7.60. The average molecular weight is 454 g/mol. The van der Waals surface area contributed by atoms with E-state index >= 15 is 0 Å². The molecule has 1 aliphatic rings. The SMILES string of the molecule is Cc1nc(-n2nnc3c2CCC(C(=O)c2cccc(C(F)(F)F)c2Cl)C3C)ncc1F. The summed E-state index contributed by atoms with van der Waals surface area (Å²) in [6.45, 7) is 3.26. The fraction of sp³-hybridized carbons (Fsp3) is 0.350. The second-order valence-corrected chi connectivity index (χ2v) is 7.78. The van der Waals surface area contributed by atoms with Gasteiger partial charge in [-0.3, -0.25) is 4.79 Å². The third kappa shape index (κ3) is 3.69. The average Bonchev–Trinajstić information content (AvgIpc) is 3.14. The van der Waals surface area contributed by atoms with Gasteiger partial charge in [0, 0.05) is 17.4 Å². The van der Waals surface area contributed by atoms with Gasteiger partial charge in [0.05, 0.1) is 33.9 Å². The number of carbonyl (C=O) groups excluding carboxylic acids is 1. The molecular weight excluding hydrogens is 438 g/mol. The minimum absolute atomic E-state index is 0.158. The van der Waals surface area contributed by atoms with Gasteiger partial charge in [-0.05, 0) is 31.9 Å². The molecule has 0 aliphatic heterocycles. The van der Waals surface area contributed by atoms with Crippen molar-refractivity contribution in [3.8, 4) is 5.95 Å². The Kier molecular flexibility index (Phi) is 5.28. The molecule has 2 unspecified atom stereocenters. The number of hydrogen-bond acceptors (Lipinski definition) is 5. The third-order valence-corrected chi connectivity index (χ3v) is 5.93. The van der Waals surface area contributed by atoms with E-state index in [0.717, 1.165) is 12.3 Å². The molecule has 0 spiro atoms. The van der Waals surface area contributed by atoms with Crippen LogP contribution in [0, 0.1) is 18.7 Å². The molecule has 2 heterocycles. The monoisotopic (exact) mass is 453 g/mol. The van der Waals surface area contributed by atoms with Crippen molar-refractivity contribution >= 4 is 17.4 Å². The van der Waals surface area contributed by atoms with Crippen LogP contribution >= 0.6 is 11.6 Å². The smallest absolute Gasteiger partial charge is 0.294 e. The number of halogens is 5. The first-order valence-corrected chi connectivity index (χ1v) is 9.81. The Balaban J connectivity index is 1.66. The van der Waals surface area contributed by atoms with Gasteiger partial charge in [-0.25, -0.2) is 14.4 Å². The lowest BCUT2D eigenvalue weighted by atomic mass is 9.76. The normalized spacial score (nSPS) is 18.7. The van der Waals surface area contributed by atoms with E-state index < -0.39 is 40.2 Å². The zero-order valence-corrected chi connectivity index (χ0v) is 17.2. The van der Waals surface area contributed by atoms with Gasteiger partial charge in [-0.1, -0.05) is 29.8 Å². The van der Waals surface area contributed by atoms with Crippen molar-refractivity contribution in [2.45, 2.75) is 38.8 Å². The van der Waals surface area contributed by atoms with Crippen LogP contribution in [0.1, 0.15) is 52.3 Å². The van der Waals surface area contributed by atoms with Crippen LogP contribution < -0.4 is 0 Å². The number of nitrogens with zero attached hydrogens (tertiary/aromatic N) is 5. The van der Waals surface area contributed by atoms with E-state index in [-0.39, 0.29) is 17.2 Å². The number of carbonyl (C=O) groups is 1. The molecule has 0 fully saturated rings. The van der Waals surface area contributed by atoms with E-state index in [1.54, 1.807) is 6.92 Å². The summed E-state index contributed by atoms with van der Waals surface area (Å²) in [6, 6.07) is 3.32. The summed E-state index contributed by atoms with van der Waals surface area (Å²) in [5.41, 5.74) is 0.155. The van der Waals surface area contributed by atoms with Crippen molar-refractivity contribution in [1.29, 1.82) is 0 Å². The topological polar surface area (TPSA) is 73.6 Å². The highest BCUT2D eigenvalue weighted by atomic mass is 35.5. The number of Topliss-reactive ketones (excluding diaryl/α,β-unsaturated/α-hetero) is 1. The van der Waals surface area contributed by atoms with Gasteiger partial charge >= 0.3 is 6.18 Å². The van der Waals surface area contributed by atoms with Gasteiger partial charge in [-0.2, -0.15) is 17.9 Å². The van der Waals surface area contributed by atoms with Crippen molar-refractivity contribution in [3.63, 3.8) is 0 Å². The van der Waals surface area contributed by atoms with E-state index in [0.29, 0.717) is 24.2 Å². The maximum absolute atomic E-state index is 13.5. The van der Waals surface area contributed by atoms with E-state index in [9.17, 15) is 22.4 Å². The molecular formula is C20H16ClF4N5O. The van der Waals surface area contributed by atoms with Crippen LogP contribution in [0.25, 0.3) is 5.95 Å². The summed E-state index contributed by atoms with van der Waals surface area (Å²) in [4.78, 5) is 21.1. The Labute approximate surface area is 179 Å². The molecule has 0 saturated heterocycles. The lowest BCUT2D eigenvalue weighted by molar-refractivity contribution is -0.137. The number of alkyl halides is 3. The van der Waals surface area contributed by atoms with Gasteiger partial charge in [0.1, 0.15) is 0 Å². The second-order valence-electron chi connectivity index (χ2n) is 7.40. The number of hydrogen-bond donors (Lipinski definition) is 0. The van der Waals surface area contributed by atoms with E-state index in [2.05, 4.69) is 20.3 Å². The molecule has 0 saturated carbocycles. The van der Waals surface area contributed by atoms with Gasteiger partial charge in [0.2, 0.25) is 0 Å². The maximum atomic E-state index is 13.5. The Hall–Kier alpha value is -2.88. The zero-order valence-electron chi connectivity index (χ0n) is 16.4. The Bertz CT molecular complexity index is 1180. The maximum Gasteiger partial charge on any atom is 0.417 e. The molecule has 0 bridgehead atoms. The standard InChI is InChI=1S/C20H16ClF4N5O/c1-9-11(18(31)12-4-3-5-13(16(12)21)20(23,24)25)6-7-15-17(9)28-29-30(15)19-26-8-14(22)10(2)27-19/h3-5,8-9,11H,6-7H2,1-2H3. The molecule has 1 aromatic carbocycles. The quantitative estimate of drug-likeness (QED) is 0.423. The molecule has 11 heteroatoms. The van der Waals surface area contributed by atoms with Crippen LogP contribution in [0.2, 0.25) is 5.02 Å². The molecule has 1 aliphatic carbocycles. The summed E-state index contributed by atoms with van der Waals surface area (Å²) >= 11 is 5.95. The van der Waals surface area contributed by atoms with E-state index in [1.165, 1.54) is 23.7 Å².